The molecule has 8 heteroatoms. The lowest BCUT2D eigenvalue weighted by molar-refractivity contribution is 0.500. The Bertz CT molecular complexity index is 843. The monoisotopic (exact) mass is 349 g/mol. The predicted molar refractivity (Wildman–Crippen MR) is 87.9 cm³/mol. The molecule has 0 aliphatic carbocycles. The van der Waals surface area contributed by atoms with E-state index in [0.29, 0.717) is 12.3 Å². The van der Waals surface area contributed by atoms with Crippen molar-refractivity contribution >= 4 is 27.4 Å². The third kappa shape index (κ3) is 4.17. The number of nitrogens with one attached hydrogen (secondary N) is 1. The van der Waals surface area contributed by atoms with Crippen molar-refractivity contribution in [3.8, 4) is 0 Å². The number of benzene rings is 1. The zero-order valence-electron chi connectivity index (χ0n) is 12.2. The zero-order valence-corrected chi connectivity index (χ0v) is 13.8. The second-order valence-corrected chi connectivity index (χ2v) is 7.57. The van der Waals surface area contributed by atoms with Crippen LogP contribution in [0.3, 0.4) is 0 Å². The molecule has 0 aliphatic rings. The number of aryl methyl sites for hydroxylation is 2. The van der Waals surface area contributed by atoms with Crippen LogP contribution in [0.1, 0.15) is 17.2 Å². The average molecular weight is 349 g/mol. The first-order valence-corrected chi connectivity index (χ1v) is 9.42. The maximum Gasteiger partial charge on any atom is 0.329 e. The fraction of sp³-hybridized carbons (Fsp3) is 0.200. The van der Waals surface area contributed by atoms with E-state index in [1.807, 2.05) is 11.4 Å². The van der Waals surface area contributed by atoms with E-state index in [1.165, 1.54) is 17.0 Å². The predicted octanol–water partition coefficient (Wildman–Crippen LogP) is 3.11. The molecule has 0 unspecified atom stereocenters. The second-order valence-electron chi connectivity index (χ2n) is 4.85. The number of sulfonamides is 1. The number of aromatic nitrogens is 2. The van der Waals surface area contributed by atoms with Gasteiger partial charge in [-0.15, -0.1) is 16.4 Å². The molecule has 0 saturated carbocycles. The van der Waals surface area contributed by atoms with Gasteiger partial charge in [-0.3, -0.25) is 0 Å². The van der Waals surface area contributed by atoms with Crippen molar-refractivity contribution in [3.63, 3.8) is 0 Å². The smallest absolute Gasteiger partial charge is 0.329 e. The highest BCUT2D eigenvalue weighted by molar-refractivity contribution is 7.92. The molecule has 3 aromatic rings. The van der Waals surface area contributed by atoms with Crippen LogP contribution in [-0.4, -0.2) is 18.6 Å². The Balaban J connectivity index is 1.59. The van der Waals surface area contributed by atoms with E-state index < -0.39 is 10.0 Å². The molecule has 1 aromatic carbocycles. The quantitative estimate of drug-likeness (QED) is 0.708. The number of nitrogens with zero attached hydrogens (tertiary/aromatic N) is 2. The van der Waals surface area contributed by atoms with Gasteiger partial charge in [0.05, 0.1) is 4.90 Å². The molecule has 0 aliphatic heterocycles. The molecule has 6 nitrogen and oxygen atoms in total. The normalized spacial score (nSPS) is 11.5. The lowest BCUT2D eigenvalue weighted by Gasteiger charge is -2.02. The van der Waals surface area contributed by atoms with Crippen LogP contribution < -0.4 is 4.72 Å². The van der Waals surface area contributed by atoms with Crippen molar-refractivity contribution in [3.05, 3.63) is 58.6 Å². The Morgan fingerprint density at radius 1 is 1.04 bits per heavy atom. The molecule has 0 amide bonds. The minimum absolute atomic E-state index is 0.111. The fourth-order valence-corrected chi connectivity index (χ4v) is 3.73. The molecule has 2 heterocycles. The molecule has 23 heavy (non-hydrogen) atoms. The van der Waals surface area contributed by atoms with Crippen molar-refractivity contribution in [2.24, 2.45) is 0 Å². The largest absolute Gasteiger partial charge is 0.407 e. The number of thiophene rings is 1. The van der Waals surface area contributed by atoms with Crippen LogP contribution in [0.5, 0.6) is 0 Å². The Morgan fingerprint density at radius 3 is 2.61 bits per heavy atom. The molecule has 3 rings (SSSR count). The van der Waals surface area contributed by atoms with E-state index in [1.54, 1.807) is 29.5 Å². The SMILES string of the molecule is O=S(=O)(Nc1nnc(CCCc2cccs2)o1)c1ccccc1. The summed E-state index contributed by atoms with van der Waals surface area (Å²) in [6.07, 6.45) is 2.41. The molecular weight excluding hydrogens is 334 g/mol. The van der Waals surface area contributed by atoms with Crippen LogP contribution >= 0.6 is 11.3 Å². The Labute approximate surface area is 138 Å². The van der Waals surface area contributed by atoms with Crippen LogP contribution in [0.2, 0.25) is 0 Å². The van der Waals surface area contributed by atoms with E-state index in [-0.39, 0.29) is 10.9 Å². The molecule has 0 bridgehead atoms. The third-order valence-electron chi connectivity index (χ3n) is 3.14. The first-order valence-electron chi connectivity index (χ1n) is 7.06. The second kappa shape index (κ2) is 6.93. The number of hydrogen-bond acceptors (Lipinski definition) is 6. The number of rotatable bonds is 7. The topological polar surface area (TPSA) is 85.1 Å². The molecule has 120 valence electrons. The molecule has 0 spiro atoms. The van der Waals surface area contributed by atoms with Gasteiger partial charge in [-0.1, -0.05) is 29.4 Å². The maximum absolute atomic E-state index is 12.1. The van der Waals surface area contributed by atoms with Gasteiger partial charge in [0.15, 0.2) is 0 Å². The summed E-state index contributed by atoms with van der Waals surface area (Å²) in [6, 6.07) is 12.0. The fourth-order valence-electron chi connectivity index (χ4n) is 2.04. The van der Waals surface area contributed by atoms with E-state index >= 15 is 0 Å². The Kier molecular flexibility index (Phi) is 4.73. The summed E-state index contributed by atoms with van der Waals surface area (Å²) < 4.78 is 31.9. The van der Waals surface area contributed by atoms with Crippen LogP contribution in [-0.2, 0) is 22.9 Å². The van der Waals surface area contributed by atoms with Crippen molar-refractivity contribution in [2.45, 2.75) is 24.2 Å². The molecule has 1 N–H and O–H groups in total. The molecule has 0 fully saturated rings. The van der Waals surface area contributed by atoms with Crippen molar-refractivity contribution < 1.29 is 12.8 Å². The van der Waals surface area contributed by atoms with Crippen molar-refractivity contribution in [1.29, 1.82) is 0 Å². The lowest BCUT2D eigenvalue weighted by Crippen LogP contribution is -2.12. The van der Waals surface area contributed by atoms with Crippen LogP contribution in [0.15, 0.2) is 57.2 Å². The minimum Gasteiger partial charge on any atom is -0.407 e. The summed E-state index contributed by atoms with van der Waals surface area (Å²) in [5.74, 6) is 0.423. The first kappa shape index (κ1) is 15.7. The summed E-state index contributed by atoms with van der Waals surface area (Å²) >= 11 is 1.71. The highest BCUT2D eigenvalue weighted by Gasteiger charge is 2.17. The van der Waals surface area contributed by atoms with Gasteiger partial charge < -0.3 is 4.42 Å². The van der Waals surface area contributed by atoms with E-state index in [2.05, 4.69) is 21.0 Å². The summed E-state index contributed by atoms with van der Waals surface area (Å²) in [4.78, 5) is 1.45. The van der Waals surface area contributed by atoms with Crippen molar-refractivity contribution in [1.82, 2.24) is 10.2 Å². The number of anilines is 1. The first-order chi connectivity index (χ1) is 11.1. The Morgan fingerprint density at radius 2 is 1.87 bits per heavy atom. The van der Waals surface area contributed by atoms with Gasteiger partial charge in [0.1, 0.15) is 0 Å². The van der Waals surface area contributed by atoms with E-state index in [0.717, 1.165) is 12.8 Å². The van der Waals surface area contributed by atoms with Gasteiger partial charge in [-0.05, 0) is 36.4 Å². The summed E-state index contributed by atoms with van der Waals surface area (Å²) in [6.45, 7) is 0. The molecule has 0 saturated heterocycles. The number of hydrogen-bond donors (Lipinski definition) is 1. The van der Waals surface area contributed by atoms with Gasteiger partial charge >= 0.3 is 6.01 Å². The molecule has 0 radical (unpaired) electrons. The minimum atomic E-state index is -3.70. The van der Waals surface area contributed by atoms with E-state index in [9.17, 15) is 8.42 Å². The van der Waals surface area contributed by atoms with Crippen molar-refractivity contribution in [2.75, 3.05) is 4.72 Å². The molecule has 2 aromatic heterocycles. The van der Waals surface area contributed by atoms with Crippen LogP contribution in [0.25, 0.3) is 0 Å². The van der Waals surface area contributed by atoms with Gasteiger partial charge in [-0.25, -0.2) is 13.1 Å². The van der Waals surface area contributed by atoms with Gasteiger partial charge in [0, 0.05) is 11.3 Å². The third-order valence-corrected chi connectivity index (χ3v) is 5.41. The highest BCUT2D eigenvalue weighted by atomic mass is 32.2. The molecule has 0 atom stereocenters. The standard InChI is InChI=1S/C15H15N3O3S2/c19-23(20,13-8-2-1-3-9-13)18-15-17-16-14(21-15)10-4-6-12-7-5-11-22-12/h1-3,5,7-9,11H,4,6,10H2,(H,17,18). The summed E-state index contributed by atoms with van der Waals surface area (Å²) in [5.41, 5.74) is 0. The Hall–Kier alpha value is -2.19. The average Bonchev–Trinajstić information content (AvgIpc) is 3.20. The van der Waals surface area contributed by atoms with E-state index in [4.69, 9.17) is 4.42 Å². The maximum atomic E-state index is 12.1. The molecular formula is C15H15N3O3S2. The summed E-state index contributed by atoms with van der Waals surface area (Å²) in [7, 11) is -3.70. The lowest BCUT2D eigenvalue weighted by atomic mass is 10.2. The van der Waals surface area contributed by atoms with Gasteiger partial charge in [0.2, 0.25) is 5.89 Å². The van der Waals surface area contributed by atoms with Crippen LogP contribution in [0, 0.1) is 0 Å². The zero-order chi connectivity index (χ0) is 16.1. The van der Waals surface area contributed by atoms with Gasteiger partial charge in [-0.2, -0.15) is 0 Å². The van der Waals surface area contributed by atoms with Gasteiger partial charge in [0.25, 0.3) is 10.0 Å². The van der Waals surface area contributed by atoms with Crippen LogP contribution in [0.4, 0.5) is 6.01 Å². The highest BCUT2D eigenvalue weighted by Crippen LogP contribution is 2.16. The summed E-state index contributed by atoms with van der Waals surface area (Å²) in [5, 5.41) is 9.65.